The fourth-order valence-electron chi connectivity index (χ4n) is 3.37. The Morgan fingerprint density at radius 1 is 1.21 bits per heavy atom. The molecule has 1 aliphatic rings. The van der Waals surface area contributed by atoms with Gasteiger partial charge in [-0.3, -0.25) is 0 Å². The molecule has 0 bridgehead atoms. The number of carbonyl (C=O) groups is 1. The summed E-state index contributed by atoms with van der Waals surface area (Å²) >= 11 is 0. The summed E-state index contributed by atoms with van der Waals surface area (Å²) in [4.78, 5) is 21.0. The van der Waals surface area contributed by atoms with Crippen LogP contribution in [0.25, 0.3) is 0 Å². The van der Waals surface area contributed by atoms with Gasteiger partial charge in [0.2, 0.25) is 0 Å². The average Bonchev–Trinajstić information content (AvgIpc) is 2.74. The maximum Gasteiger partial charge on any atom is 0.321 e. The van der Waals surface area contributed by atoms with E-state index in [1.807, 2.05) is 24.0 Å². The molecule has 2 heterocycles. The van der Waals surface area contributed by atoms with E-state index in [9.17, 15) is 4.79 Å². The normalized spacial score (nSPS) is 13.9. The number of hydrogen-bond donors (Lipinski definition) is 1. The van der Waals surface area contributed by atoms with Gasteiger partial charge in [-0.05, 0) is 49.1 Å². The van der Waals surface area contributed by atoms with E-state index in [4.69, 9.17) is 5.26 Å². The molecule has 6 heteroatoms. The summed E-state index contributed by atoms with van der Waals surface area (Å²) in [5.74, 6) is 0.845. The van der Waals surface area contributed by atoms with Gasteiger partial charge in [0, 0.05) is 38.1 Å². The van der Waals surface area contributed by atoms with Crippen molar-refractivity contribution in [2.75, 3.05) is 36.4 Å². The van der Waals surface area contributed by atoms with Crippen molar-refractivity contribution in [1.82, 2.24) is 9.88 Å². The molecule has 6 nitrogen and oxygen atoms in total. The summed E-state index contributed by atoms with van der Waals surface area (Å²) in [5, 5.41) is 11.9. The van der Waals surface area contributed by atoms with E-state index in [2.05, 4.69) is 40.3 Å². The molecule has 2 aromatic rings. The summed E-state index contributed by atoms with van der Waals surface area (Å²) in [7, 11) is 0. The van der Waals surface area contributed by atoms with Gasteiger partial charge in [0.1, 0.15) is 11.9 Å². The van der Waals surface area contributed by atoms with Crippen molar-refractivity contribution in [2.24, 2.45) is 0 Å². The fourth-order valence-corrected chi connectivity index (χ4v) is 3.37. The van der Waals surface area contributed by atoms with Gasteiger partial charge in [0.05, 0.1) is 5.56 Å². The first-order valence-corrected chi connectivity index (χ1v) is 9.87. The average molecular weight is 377 g/mol. The summed E-state index contributed by atoms with van der Waals surface area (Å²) in [6, 6.07) is 11.9. The van der Waals surface area contributed by atoms with Crippen molar-refractivity contribution in [3.05, 3.63) is 53.2 Å². The number of benzene rings is 1. The second kappa shape index (κ2) is 9.23. The molecule has 28 heavy (non-hydrogen) atoms. The lowest BCUT2D eigenvalue weighted by molar-refractivity contribution is 0.208. The number of pyridine rings is 1. The molecule has 146 valence electrons. The number of carbonyl (C=O) groups excluding carboxylic acids is 1. The molecule has 1 fully saturated rings. The van der Waals surface area contributed by atoms with Gasteiger partial charge in [0.15, 0.2) is 0 Å². The molecular formula is C22H27N5O. The Bertz CT molecular complexity index is 848. The van der Waals surface area contributed by atoms with Crippen LogP contribution in [0.5, 0.6) is 0 Å². The Morgan fingerprint density at radius 3 is 2.61 bits per heavy atom. The van der Waals surface area contributed by atoms with Gasteiger partial charge in [0.25, 0.3) is 0 Å². The van der Waals surface area contributed by atoms with Gasteiger partial charge in [-0.25, -0.2) is 9.78 Å². The maximum absolute atomic E-state index is 12.6. The zero-order chi connectivity index (χ0) is 19.9. The summed E-state index contributed by atoms with van der Waals surface area (Å²) in [6.07, 6.45) is 5.03. The zero-order valence-corrected chi connectivity index (χ0v) is 16.6. The Balaban J connectivity index is 1.54. The lowest BCUT2D eigenvalue weighted by atomic mass is 10.0. The molecule has 0 spiro atoms. The third-order valence-electron chi connectivity index (χ3n) is 5.12. The van der Waals surface area contributed by atoms with Crippen molar-refractivity contribution in [3.8, 4) is 6.07 Å². The van der Waals surface area contributed by atoms with Crippen molar-refractivity contribution in [3.63, 3.8) is 0 Å². The molecule has 0 aliphatic carbocycles. The topological polar surface area (TPSA) is 72.3 Å². The molecular weight excluding hydrogens is 350 g/mol. The van der Waals surface area contributed by atoms with E-state index in [1.165, 1.54) is 18.4 Å². The van der Waals surface area contributed by atoms with Crippen LogP contribution >= 0.6 is 0 Å². The highest BCUT2D eigenvalue weighted by Crippen LogP contribution is 2.19. The first-order chi connectivity index (χ1) is 13.6. The number of aromatic nitrogens is 1. The third-order valence-corrected chi connectivity index (χ3v) is 5.12. The number of piperazine rings is 1. The SMILES string of the molecule is CCCCc1ccc(NC(=O)N2CCN(c3ccc(C#N)cn3)CC2)c(C)c1. The molecule has 0 unspecified atom stereocenters. The van der Waals surface area contributed by atoms with E-state index in [-0.39, 0.29) is 6.03 Å². The van der Waals surface area contributed by atoms with E-state index < -0.39 is 0 Å². The molecule has 1 aliphatic heterocycles. The van der Waals surface area contributed by atoms with Gasteiger partial charge in [-0.15, -0.1) is 0 Å². The second-order valence-corrected chi connectivity index (χ2v) is 7.17. The standard InChI is InChI=1S/C22H27N5O/c1-3-4-5-18-6-8-20(17(2)14-18)25-22(28)27-12-10-26(11-13-27)21-9-7-19(15-23)16-24-21/h6-9,14,16H,3-5,10-13H2,1-2H3,(H,25,28). The Hall–Kier alpha value is -3.07. The van der Waals surface area contributed by atoms with Crippen LogP contribution in [0.3, 0.4) is 0 Å². The smallest absolute Gasteiger partial charge is 0.321 e. The van der Waals surface area contributed by atoms with Gasteiger partial charge in [-0.1, -0.05) is 25.5 Å². The van der Waals surface area contributed by atoms with Crippen LogP contribution in [0.1, 0.15) is 36.5 Å². The number of nitrogens with one attached hydrogen (secondary N) is 1. The Morgan fingerprint density at radius 2 is 2.00 bits per heavy atom. The minimum absolute atomic E-state index is 0.0585. The fraction of sp³-hybridized carbons (Fsp3) is 0.409. The second-order valence-electron chi connectivity index (χ2n) is 7.17. The number of nitriles is 1. The van der Waals surface area contributed by atoms with Crippen molar-refractivity contribution in [2.45, 2.75) is 33.1 Å². The lowest BCUT2D eigenvalue weighted by Crippen LogP contribution is -2.50. The lowest BCUT2D eigenvalue weighted by Gasteiger charge is -2.35. The number of rotatable bonds is 5. The van der Waals surface area contributed by atoms with E-state index in [0.29, 0.717) is 18.7 Å². The number of nitrogens with zero attached hydrogens (tertiary/aromatic N) is 4. The zero-order valence-electron chi connectivity index (χ0n) is 16.6. The van der Waals surface area contributed by atoms with E-state index in [0.717, 1.165) is 36.6 Å². The highest BCUT2D eigenvalue weighted by atomic mass is 16.2. The third kappa shape index (κ3) is 4.80. The van der Waals surface area contributed by atoms with Crippen molar-refractivity contribution < 1.29 is 4.79 Å². The number of anilines is 2. The molecule has 1 saturated heterocycles. The summed E-state index contributed by atoms with van der Waals surface area (Å²) < 4.78 is 0. The largest absolute Gasteiger partial charge is 0.353 e. The maximum atomic E-state index is 12.6. The van der Waals surface area contributed by atoms with Gasteiger partial charge >= 0.3 is 6.03 Å². The number of amides is 2. The predicted octanol–water partition coefficient (Wildman–Crippen LogP) is 3.96. The minimum atomic E-state index is -0.0585. The van der Waals surface area contributed by atoms with Crippen molar-refractivity contribution in [1.29, 1.82) is 5.26 Å². The van der Waals surface area contributed by atoms with Crippen LogP contribution in [0.2, 0.25) is 0 Å². The minimum Gasteiger partial charge on any atom is -0.353 e. The summed E-state index contributed by atoms with van der Waals surface area (Å²) in [6.45, 7) is 6.96. The molecule has 0 atom stereocenters. The Labute approximate surface area is 166 Å². The van der Waals surface area contributed by atoms with E-state index in [1.54, 1.807) is 12.3 Å². The van der Waals surface area contributed by atoms with Crippen LogP contribution in [0, 0.1) is 18.3 Å². The van der Waals surface area contributed by atoms with Crippen LogP contribution in [-0.2, 0) is 6.42 Å². The molecule has 1 aromatic heterocycles. The van der Waals surface area contributed by atoms with Gasteiger partial charge in [-0.2, -0.15) is 5.26 Å². The van der Waals surface area contributed by atoms with E-state index >= 15 is 0 Å². The van der Waals surface area contributed by atoms with Crippen LogP contribution in [0.4, 0.5) is 16.3 Å². The van der Waals surface area contributed by atoms with Crippen LogP contribution < -0.4 is 10.2 Å². The molecule has 1 aromatic carbocycles. The predicted molar refractivity (Wildman–Crippen MR) is 112 cm³/mol. The van der Waals surface area contributed by atoms with Crippen LogP contribution in [0.15, 0.2) is 36.5 Å². The highest BCUT2D eigenvalue weighted by Gasteiger charge is 2.22. The number of unbranched alkanes of at least 4 members (excludes halogenated alkanes) is 1. The summed E-state index contributed by atoms with van der Waals surface area (Å²) in [5.41, 5.74) is 3.85. The first-order valence-electron chi connectivity index (χ1n) is 9.87. The van der Waals surface area contributed by atoms with Crippen LogP contribution in [-0.4, -0.2) is 42.1 Å². The van der Waals surface area contributed by atoms with Crippen molar-refractivity contribution >= 4 is 17.5 Å². The molecule has 2 amide bonds. The first kappa shape index (κ1) is 19.7. The highest BCUT2D eigenvalue weighted by molar-refractivity contribution is 5.90. The number of urea groups is 1. The number of aryl methyl sites for hydroxylation is 2. The monoisotopic (exact) mass is 377 g/mol. The quantitative estimate of drug-likeness (QED) is 0.856. The number of hydrogen-bond acceptors (Lipinski definition) is 4. The molecule has 0 saturated carbocycles. The molecule has 1 N–H and O–H groups in total. The van der Waals surface area contributed by atoms with Gasteiger partial charge < -0.3 is 15.1 Å². The molecule has 0 radical (unpaired) electrons. The Kier molecular flexibility index (Phi) is 6.49. The molecule has 3 rings (SSSR count).